The van der Waals surface area contributed by atoms with Gasteiger partial charge in [-0.2, -0.15) is 0 Å². The molecular weight excluding hydrogens is 152 g/mol. The van der Waals surface area contributed by atoms with Gasteiger partial charge < -0.3 is 9.84 Å². The molecule has 1 aliphatic heterocycles. The van der Waals surface area contributed by atoms with Crippen LogP contribution in [0.1, 0.15) is 26.2 Å². The molecule has 0 saturated carbocycles. The van der Waals surface area contributed by atoms with Gasteiger partial charge in [-0.05, 0) is 19.8 Å². The number of aliphatic hydroxyl groups excluding tert-OH is 1. The molecule has 12 heavy (non-hydrogen) atoms. The zero-order valence-electron chi connectivity index (χ0n) is 7.55. The first kappa shape index (κ1) is 9.57. The minimum absolute atomic E-state index is 0.214. The van der Waals surface area contributed by atoms with Crippen molar-refractivity contribution in [3.05, 3.63) is 0 Å². The van der Waals surface area contributed by atoms with Gasteiger partial charge in [-0.25, -0.2) is 0 Å². The summed E-state index contributed by atoms with van der Waals surface area (Å²) in [7, 11) is 0. The van der Waals surface area contributed by atoms with Crippen molar-refractivity contribution in [1.29, 1.82) is 0 Å². The SMILES string of the molecule is CC#CCCC(O)C1CCOC1. The van der Waals surface area contributed by atoms with E-state index in [-0.39, 0.29) is 6.10 Å². The summed E-state index contributed by atoms with van der Waals surface area (Å²) < 4.78 is 5.19. The summed E-state index contributed by atoms with van der Waals surface area (Å²) in [5.41, 5.74) is 0. The van der Waals surface area contributed by atoms with Crippen LogP contribution in [0.25, 0.3) is 0 Å². The lowest BCUT2D eigenvalue weighted by atomic mass is 9.98. The number of hydrogen-bond donors (Lipinski definition) is 1. The Balaban J connectivity index is 2.16. The molecule has 2 unspecified atom stereocenters. The van der Waals surface area contributed by atoms with Gasteiger partial charge in [0.15, 0.2) is 0 Å². The van der Waals surface area contributed by atoms with E-state index >= 15 is 0 Å². The molecule has 0 aromatic heterocycles. The third-order valence-electron chi connectivity index (χ3n) is 2.25. The fourth-order valence-electron chi connectivity index (χ4n) is 1.44. The van der Waals surface area contributed by atoms with Crippen LogP contribution in [-0.2, 0) is 4.74 Å². The summed E-state index contributed by atoms with van der Waals surface area (Å²) in [6.45, 7) is 3.35. The van der Waals surface area contributed by atoms with Crippen molar-refractivity contribution in [2.24, 2.45) is 5.92 Å². The van der Waals surface area contributed by atoms with E-state index in [1.165, 1.54) is 0 Å². The van der Waals surface area contributed by atoms with E-state index in [9.17, 15) is 5.11 Å². The van der Waals surface area contributed by atoms with Crippen LogP contribution in [-0.4, -0.2) is 24.4 Å². The Bertz CT molecular complexity index is 172. The van der Waals surface area contributed by atoms with Crippen LogP contribution in [0.2, 0.25) is 0 Å². The Kier molecular flexibility index (Phi) is 4.13. The van der Waals surface area contributed by atoms with Crippen molar-refractivity contribution in [2.75, 3.05) is 13.2 Å². The van der Waals surface area contributed by atoms with E-state index in [2.05, 4.69) is 11.8 Å². The van der Waals surface area contributed by atoms with Crippen LogP contribution in [0.5, 0.6) is 0 Å². The molecule has 0 bridgehead atoms. The van der Waals surface area contributed by atoms with Gasteiger partial charge in [-0.1, -0.05) is 0 Å². The largest absolute Gasteiger partial charge is 0.393 e. The highest BCUT2D eigenvalue weighted by Gasteiger charge is 2.22. The molecule has 68 valence electrons. The molecule has 0 spiro atoms. The fourth-order valence-corrected chi connectivity index (χ4v) is 1.44. The van der Waals surface area contributed by atoms with Gasteiger partial charge in [0.1, 0.15) is 0 Å². The number of ether oxygens (including phenoxy) is 1. The fraction of sp³-hybridized carbons (Fsp3) is 0.800. The molecular formula is C10H16O2. The third kappa shape index (κ3) is 2.84. The quantitative estimate of drug-likeness (QED) is 0.641. The zero-order chi connectivity index (χ0) is 8.81. The Morgan fingerprint density at radius 2 is 2.50 bits per heavy atom. The third-order valence-corrected chi connectivity index (χ3v) is 2.25. The van der Waals surface area contributed by atoms with Gasteiger partial charge in [0.25, 0.3) is 0 Å². The van der Waals surface area contributed by atoms with Crippen molar-refractivity contribution in [2.45, 2.75) is 32.3 Å². The summed E-state index contributed by atoms with van der Waals surface area (Å²) in [6.07, 6.45) is 2.37. The lowest BCUT2D eigenvalue weighted by molar-refractivity contribution is 0.0860. The Morgan fingerprint density at radius 1 is 1.67 bits per heavy atom. The first-order chi connectivity index (χ1) is 5.84. The van der Waals surface area contributed by atoms with E-state index in [1.54, 1.807) is 0 Å². The summed E-state index contributed by atoms with van der Waals surface area (Å²) >= 11 is 0. The van der Waals surface area contributed by atoms with Crippen molar-refractivity contribution in [1.82, 2.24) is 0 Å². The van der Waals surface area contributed by atoms with Crippen molar-refractivity contribution in [3.63, 3.8) is 0 Å². The molecule has 2 nitrogen and oxygen atoms in total. The zero-order valence-corrected chi connectivity index (χ0v) is 7.55. The smallest absolute Gasteiger partial charge is 0.0600 e. The lowest BCUT2D eigenvalue weighted by Crippen LogP contribution is -2.20. The van der Waals surface area contributed by atoms with Crippen LogP contribution in [0.3, 0.4) is 0 Å². The summed E-state index contributed by atoms with van der Waals surface area (Å²) in [4.78, 5) is 0. The average molecular weight is 168 g/mol. The molecule has 2 heteroatoms. The van der Waals surface area contributed by atoms with E-state index in [0.717, 1.165) is 32.5 Å². The van der Waals surface area contributed by atoms with Gasteiger partial charge in [0.05, 0.1) is 12.7 Å². The molecule has 0 radical (unpaired) electrons. The molecule has 0 amide bonds. The molecule has 0 aromatic carbocycles. The second-order valence-corrected chi connectivity index (χ2v) is 3.16. The molecule has 1 fully saturated rings. The number of hydrogen-bond acceptors (Lipinski definition) is 2. The van der Waals surface area contributed by atoms with E-state index in [1.807, 2.05) is 6.92 Å². The molecule has 1 aliphatic rings. The topological polar surface area (TPSA) is 29.5 Å². The van der Waals surface area contributed by atoms with Crippen molar-refractivity contribution in [3.8, 4) is 11.8 Å². The van der Waals surface area contributed by atoms with E-state index < -0.39 is 0 Å². The average Bonchev–Trinajstić information content (AvgIpc) is 2.56. The minimum Gasteiger partial charge on any atom is -0.393 e. The Hall–Kier alpha value is -0.520. The summed E-state index contributed by atoms with van der Waals surface area (Å²) in [5, 5.41) is 9.63. The van der Waals surface area contributed by atoms with Crippen LogP contribution >= 0.6 is 0 Å². The van der Waals surface area contributed by atoms with Crippen molar-refractivity contribution < 1.29 is 9.84 Å². The normalized spacial score (nSPS) is 24.7. The Labute approximate surface area is 73.9 Å². The maximum atomic E-state index is 9.63. The molecule has 1 rings (SSSR count). The van der Waals surface area contributed by atoms with Crippen LogP contribution in [0.15, 0.2) is 0 Å². The van der Waals surface area contributed by atoms with Gasteiger partial charge in [0.2, 0.25) is 0 Å². The molecule has 1 N–H and O–H groups in total. The predicted octanol–water partition coefficient (Wildman–Crippen LogP) is 1.19. The first-order valence-corrected chi connectivity index (χ1v) is 4.50. The molecule has 1 saturated heterocycles. The van der Waals surface area contributed by atoms with Gasteiger partial charge in [0, 0.05) is 18.9 Å². The number of aliphatic hydroxyl groups is 1. The van der Waals surface area contributed by atoms with E-state index in [4.69, 9.17) is 4.74 Å². The number of rotatable bonds is 3. The minimum atomic E-state index is -0.214. The molecule has 0 aromatic rings. The van der Waals surface area contributed by atoms with Crippen LogP contribution in [0, 0.1) is 17.8 Å². The monoisotopic (exact) mass is 168 g/mol. The maximum Gasteiger partial charge on any atom is 0.0600 e. The molecule has 2 atom stereocenters. The second-order valence-electron chi connectivity index (χ2n) is 3.16. The highest BCUT2D eigenvalue weighted by molar-refractivity contribution is 4.95. The van der Waals surface area contributed by atoms with Crippen molar-refractivity contribution >= 4 is 0 Å². The first-order valence-electron chi connectivity index (χ1n) is 4.50. The highest BCUT2D eigenvalue weighted by atomic mass is 16.5. The second kappa shape index (κ2) is 5.18. The highest BCUT2D eigenvalue weighted by Crippen LogP contribution is 2.19. The summed E-state index contributed by atoms with van der Waals surface area (Å²) in [5.74, 6) is 6.12. The molecule has 1 heterocycles. The lowest BCUT2D eigenvalue weighted by Gasteiger charge is -2.14. The van der Waals surface area contributed by atoms with Crippen LogP contribution in [0.4, 0.5) is 0 Å². The summed E-state index contributed by atoms with van der Waals surface area (Å²) in [6, 6.07) is 0. The molecule has 0 aliphatic carbocycles. The predicted molar refractivity (Wildman–Crippen MR) is 47.6 cm³/mol. The maximum absolute atomic E-state index is 9.63. The van der Waals surface area contributed by atoms with Crippen LogP contribution < -0.4 is 0 Å². The Morgan fingerprint density at radius 3 is 3.08 bits per heavy atom. The van der Waals surface area contributed by atoms with E-state index in [0.29, 0.717) is 5.92 Å². The van der Waals surface area contributed by atoms with Gasteiger partial charge in [-0.3, -0.25) is 0 Å². The van der Waals surface area contributed by atoms with Gasteiger partial charge in [-0.15, -0.1) is 11.8 Å². The van der Waals surface area contributed by atoms with Gasteiger partial charge >= 0.3 is 0 Å². The standard InChI is InChI=1S/C10H16O2/c1-2-3-4-5-10(11)9-6-7-12-8-9/h9-11H,4-8H2,1H3.